The van der Waals surface area contributed by atoms with Crippen molar-refractivity contribution < 1.29 is 9.53 Å². The van der Waals surface area contributed by atoms with Crippen LogP contribution in [0.2, 0.25) is 0 Å². The van der Waals surface area contributed by atoms with Crippen molar-refractivity contribution in [2.45, 2.75) is 38.1 Å². The molecule has 0 aromatic rings. The molecule has 2 rings (SSSR count). The number of hydrogen-bond donors (Lipinski definition) is 1. The Bertz CT molecular complexity index is 231. The number of amides is 2. The highest BCUT2D eigenvalue weighted by atomic mass is 16.5. The number of rotatable bonds is 1. The van der Waals surface area contributed by atoms with Crippen LogP contribution in [0.5, 0.6) is 0 Å². The summed E-state index contributed by atoms with van der Waals surface area (Å²) < 4.78 is 5.31. The van der Waals surface area contributed by atoms with Gasteiger partial charge in [-0.15, -0.1) is 0 Å². The summed E-state index contributed by atoms with van der Waals surface area (Å²) >= 11 is 0. The summed E-state index contributed by atoms with van der Waals surface area (Å²) in [6, 6.07) is 0.108. The zero-order chi connectivity index (χ0) is 10.7. The van der Waals surface area contributed by atoms with Crippen molar-refractivity contribution in [3.63, 3.8) is 0 Å². The summed E-state index contributed by atoms with van der Waals surface area (Å²) in [5.74, 6) is 0. The molecule has 0 unspecified atom stereocenters. The molecule has 4 nitrogen and oxygen atoms in total. The molecular weight excluding hydrogens is 192 g/mol. The number of hydrogen-bond acceptors (Lipinski definition) is 2. The Kier molecular flexibility index (Phi) is 3.14. The Balaban J connectivity index is 1.86. The van der Waals surface area contributed by atoms with E-state index in [4.69, 9.17) is 4.74 Å². The number of nitrogens with zero attached hydrogens (tertiary/aromatic N) is 1. The van der Waals surface area contributed by atoms with Crippen LogP contribution in [0.3, 0.4) is 0 Å². The molecule has 2 saturated heterocycles. The molecule has 15 heavy (non-hydrogen) atoms. The van der Waals surface area contributed by atoms with E-state index >= 15 is 0 Å². The van der Waals surface area contributed by atoms with Crippen molar-refractivity contribution in [2.24, 2.45) is 0 Å². The molecule has 2 aliphatic rings. The molecule has 2 amide bonds. The zero-order valence-corrected chi connectivity index (χ0v) is 9.42. The molecule has 2 fully saturated rings. The summed E-state index contributed by atoms with van der Waals surface area (Å²) in [6.45, 7) is 5.47. The lowest BCUT2D eigenvalue weighted by atomic mass is 9.93. The summed E-state index contributed by atoms with van der Waals surface area (Å²) in [4.78, 5) is 13.8. The van der Waals surface area contributed by atoms with Crippen molar-refractivity contribution in [1.82, 2.24) is 10.2 Å². The lowest BCUT2D eigenvalue weighted by molar-refractivity contribution is 0.0472. The molecule has 0 aromatic heterocycles. The van der Waals surface area contributed by atoms with Crippen LogP contribution in [0.25, 0.3) is 0 Å². The number of nitrogens with one attached hydrogen (secondary N) is 1. The van der Waals surface area contributed by atoms with E-state index in [0.29, 0.717) is 0 Å². The standard InChI is InChI=1S/C11H20N2O2/c1-11(4-8-15-9-5-11)12-10(14)13-6-2-3-7-13/h2-9H2,1H3,(H,12,14). The van der Waals surface area contributed by atoms with E-state index in [1.807, 2.05) is 4.90 Å². The van der Waals surface area contributed by atoms with Gasteiger partial charge in [0.25, 0.3) is 0 Å². The molecule has 1 N–H and O–H groups in total. The van der Waals surface area contributed by atoms with E-state index in [-0.39, 0.29) is 11.6 Å². The summed E-state index contributed by atoms with van der Waals surface area (Å²) in [5.41, 5.74) is -0.0576. The maximum absolute atomic E-state index is 11.9. The third kappa shape index (κ3) is 2.62. The van der Waals surface area contributed by atoms with Crippen LogP contribution in [-0.4, -0.2) is 42.8 Å². The van der Waals surface area contributed by atoms with Gasteiger partial charge in [-0.05, 0) is 32.6 Å². The van der Waals surface area contributed by atoms with E-state index in [0.717, 1.165) is 52.0 Å². The predicted molar refractivity (Wildman–Crippen MR) is 57.8 cm³/mol. The Morgan fingerprint density at radius 1 is 1.27 bits per heavy atom. The molecule has 0 saturated carbocycles. The molecule has 2 heterocycles. The number of carbonyl (C=O) groups excluding carboxylic acids is 1. The number of ether oxygens (including phenoxy) is 1. The molecular formula is C11H20N2O2. The molecule has 0 radical (unpaired) electrons. The smallest absolute Gasteiger partial charge is 0.317 e. The first-order valence-corrected chi connectivity index (χ1v) is 5.84. The van der Waals surface area contributed by atoms with Crippen LogP contribution in [0.4, 0.5) is 4.79 Å². The minimum absolute atomic E-state index is 0.0576. The predicted octanol–water partition coefficient (Wildman–Crippen LogP) is 1.36. The lowest BCUT2D eigenvalue weighted by Crippen LogP contribution is -2.53. The van der Waals surface area contributed by atoms with Gasteiger partial charge in [0, 0.05) is 31.8 Å². The van der Waals surface area contributed by atoms with Gasteiger partial charge in [-0.1, -0.05) is 0 Å². The minimum Gasteiger partial charge on any atom is -0.381 e. The van der Waals surface area contributed by atoms with Crippen molar-refractivity contribution >= 4 is 6.03 Å². The monoisotopic (exact) mass is 212 g/mol. The molecule has 0 aromatic carbocycles. The second-order valence-corrected chi connectivity index (χ2v) is 4.80. The second-order valence-electron chi connectivity index (χ2n) is 4.80. The fraction of sp³-hybridized carbons (Fsp3) is 0.909. The number of urea groups is 1. The highest BCUT2D eigenvalue weighted by Crippen LogP contribution is 2.20. The summed E-state index contributed by atoms with van der Waals surface area (Å²) in [5, 5.41) is 3.14. The number of carbonyl (C=O) groups is 1. The molecule has 0 bridgehead atoms. The Labute approximate surface area is 91.0 Å². The van der Waals surface area contributed by atoms with E-state index in [1.54, 1.807) is 0 Å². The average molecular weight is 212 g/mol. The first-order valence-electron chi connectivity index (χ1n) is 5.84. The largest absolute Gasteiger partial charge is 0.381 e. The van der Waals surface area contributed by atoms with Gasteiger partial charge >= 0.3 is 6.03 Å². The molecule has 4 heteroatoms. The van der Waals surface area contributed by atoms with E-state index in [1.165, 1.54) is 0 Å². The van der Waals surface area contributed by atoms with Gasteiger partial charge < -0.3 is 15.0 Å². The topological polar surface area (TPSA) is 41.6 Å². The van der Waals surface area contributed by atoms with E-state index in [9.17, 15) is 4.79 Å². The third-order valence-electron chi connectivity index (χ3n) is 3.40. The van der Waals surface area contributed by atoms with Gasteiger partial charge in [0.2, 0.25) is 0 Å². The van der Waals surface area contributed by atoms with Crippen molar-refractivity contribution in [2.75, 3.05) is 26.3 Å². The molecule has 0 atom stereocenters. The minimum atomic E-state index is -0.0576. The van der Waals surface area contributed by atoms with Gasteiger partial charge in [0.1, 0.15) is 0 Å². The van der Waals surface area contributed by atoms with Crippen LogP contribution < -0.4 is 5.32 Å². The van der Waals surface area contributed by atoms with Crippen LogP contribution in [-0.2, 0) is 4.74 Å². The molecule has 0 spiro atoms. The van der Waals surface area contributed by atoms with Crippen LogP contribution in [0.15, 0.2) is 0 Å². The highest BCUT2D eigenvalue weighted by Gasteiger charge is 2.31. The maximum atomic E-state index is 11.9. The Morgan fingerprint density at radius 3 is 2.47 bits per heavy atom. The summed E-state index contributed by atoms with van der Waals surface area (Å²) in [6.07, 6.45) is 4.14. The first kappa shape index (κ1) is 10.7. The van der Waals surface area contributed by atoms with Crippen molar-refractivity contribution in [3.05, 3.63) is 0 Å². The van der Waals surface area contributed by atoms with Crippen molar-refractivity contribution in [1.29, 1.82) is 0 Å². The van der Waals surface area contributed by atoms with Crippen molar-refractivity contribution in [3.8, 4) is 0 Å². The lowest BCUT2D eigenvalue weighted by Gasteiger charge is -2.35. The fourth-order valence-electron chi connectivity index (χ4n) is 2.20. The van der Waals surface area contributed by atoms with E-state index < -0.39 is 0 Å². The number of likely N-dealkylation sites (tertiary alicyclic amines) is 1. The second kappa shape index (κ2) is 4.39. The molecule has 0 aliphatic carbocycles. The van der Waals surface area contributed by atoms with Crippen LogP contribution >= 0.6 is 0 Å². The van der Waals surface area contributed by atoms with Gasteiger partial charge in [-0.3, -0.25) is 0 Å². The van der Waals surface area contributed by atoms with Crippen LogP contribution in [0.1, 0.15) is 32.6 Å². The van der Waals surface area contributed by atoms with Gasteiger partial charge in [-0.2, -0.15) is 0 Å². The highest BCUT2D eigenvalue weighted by molar-refractivity contribution is 5.75. The average Bonchev–Trinajstić information content (AvgIpc) is 2.70. The molecule has 86 valence electrons. The normalized spacial score (nSPS) is 25.3. The van der Waals surface area contributed by atoms with Gasteiger partial charge in [-0.25, -0.2) is 4.79 Å². The van der Waals surface area contributed by atoms with Gasteiger partial charge in [0.15, 0.2) is 0 Å². The summed E-state index contributed by atoms with van der Waals surface area (Å²) in [7, 11) is 0. The fourth-order valence-corrected chi connectivity index (χ4v) is 2.20. The SMILES string of the molecule is CC1(NC(=O)N2CCCC2)CCOCC1. The maximum Gasteiger partial charge on any atom is 0.317 e. The third-order valence-corrected chi connectivity index (χ3v) is 3.40. The van der Waals surface area contributed by atoms with E-state index in [2.05, 4.69) is 12.2 Å². The first-order chi connectivity index (χ1) is 7.20. The Hall–Kier alpha value is -0.770. The quantitative estimate of drug-likeness (QED) is 0.713. The zero-order valence-electron chi connectivity index (χ0n) is 9.42. The molecule has 2 aliphatic heterocycles. The van der Waals surface area contributed by atoms with Gasteiger partial charge in [0.05, 0.1) is 0 Å². The van der Waals surface area contributed by atoms with Crippen LogP contribution in [0, 0.1) is 0 Å². The Morgan fingerprint density at radius 2 is 1.87 bits per heavy atom.